The first kappa shape index (κ1) is 13.7. The molecular weight excluding hydrogens is 268 g/mol. The lowest BCUT2D eigenvalue weighted by Crippen LogP contribution is -2.56. The molecule has 1 aliphatic heterocycles. The number of nitrogens with zero attached hydrogens (tertiary/aromatic N) is 1. The molecule has 5 nitrogen and oxygen atoms in total. The van der Waals surface area contributed by atoms with Crippen LogP contribution in [0.15, 0.2) is 18.2 Å². The second-order valence-corrected chi connectivity index (χ2v) is 4.79. The quantitative estimate of drug-likeness (QED) is 0.861. The Bertz CT molecular complexity index is 519. The van der Waals surface area contributed by atoms with Gasteiger partial charge in [-0.15, -0.1) is 0 Å². The van der Waals surface area contributed by atoms with Gasteiger partial charge in [0.1, 0.15) is 11.8 Å². The molecule has 0 radical (unpaired) electrons. The Morgan fingerprint density at radius 1 is 1.58 bits per heavy atom. The van der Waals surface area contributed by atoms with Crippen molar-refractivity contribution in [1.29, 1.82) is 0 Å². The monoisotopic (exact) mass is 282 g/mol. The van der Waals surface area contributed by atoms with Gasteiger partial charge in [0.05, 0.1) is 5.02 Å². The summed E-state index contributed by atoms with van der Waals surface area (Å²) in [5.41, 5.74) is 0.371. The van der Waals surface area contributed by atoms with Crippen LogP contribution in [0.25, 0.3) is 0 Å². The highest BCUT2D eigenvalue weighted by Gasteiger charge is 2.32. The van der Waals surface area contributed by atoms with E-state index < -0.39 is 6.04 Å². The molecule has 1 aromatic carbocycles. The van der Waals surface area contributed by atoms with E-state index in [4.69, 9.17) is 11.6 Å². The van der Waals surface area contributed by atoms with E-state index in [2.05, 4.69) is 5.32 Å². The van der Waals surface area contributed by atoms with Crippen LogP contribution < -0.4 is 5.32 Å². The zero-order chi connectivity index (χ0) is 14.0. The van der Waals surface area contributed by atoms with Gasteiger partial charge in [-0.25, -0.2) is 0 Å². The number of phenolic OH excluding ortho intramolecular Hbond substituents is 1. The summed E-state index contributed by atoms with van der Waals surface area (Å²) >= 11 is 5.80. The Morgan fingerprint density at radius 2 is 2.32 bits per heavy atom. The fourth-order valence-electron chi connectivity index (χ4n) is 2.17. The second-order valence-electron chi connectivity index (χ2n) is 4.38. The molecule has 1 unspecified atom stereocenters. The van der Waals surface area contributed by atoms with Crippen molar-refractivity contribution in [3.63, 3.8) is 0 Å². The van der Waals surface area contributed by atoms with Crippen molar-refractivity contribution in [2.45, 2.75) is 19.4 Å². The minimum absolute atomic E-state index is 0.0679. The zero-order valence-electron chi connectivity index (χ0n) is 10.5. The summed E-state index contributed by atoms with van der Waals surface area (Å²) in [4.78, 5) is 25.6. The number of rotatable bonds is 2. The van der Waals surface area contributed by atoms with Gasteiger partial charge < -0.3 is 15.3 Å². The Kier molecular flexibility index (Phi) is 3.95. The molecule has 0 bridgehead atoms. The number of nitrogens with one attached hydrogen (secondary N) is 1. The van der Waals surface area contributed by atoms with Crippen molar-refractivity contribution in [3.05, 3.63) is 28.8 Å². The lowest BCUT2D eigenvalue weighted by Gasteiger charge is -2.34. The summed E-state index contributed by atoms with van der Waals surface area (Å²) in [5.74, 6) is -0.447. The summed E-state index contributed by atoms with van der Waals surface area (Å²) < 4.78 is 0. The third-order valence-corrected chi connectivity index (χ3v) is 3.48. The number of benzene rings is 1. The van der Waals surface area contributed by atoms with Crippen LogP contribution in [0.2, 0.25) is 5.02 Å². The molecule has 0 aliphatic carbocycles. The summed E-state index contributed by atoms with van der Waals surface area (Å²) in [5, 5.41) is 12.2. The fourth-order valence-corrected chi connectivity index (χ4v) is 2.35. The SMILES string of the molecule is CCC1C(=O)NCCN1C(=O)c1ccc(O)c(Cl)c1. The molecule has 19 heavy (non-hydrogen) atoms. The van der Waals surface area contributed by atoms with Crippen LogP contribution in [-0.4, -0.2) is 41.0 Å². The van der Waals surface area contributed by atoms with Crippen LogP contribution in [0.1, 0.15) is 23.7 Å². The third kappa shape index (κ3) is 2.66. The maximum absolute atomic E-state index is 12.4. The maximum atomic E-state index is 12.4. The smallest absolute Gasteiger partial charge is 0.254 e. The Hall–Kier alpha value is -1.75. The highest BCUT2D eigenvalue weighted by Crippen LogP contribution is 2.25. The van der Waals surface area contributed by atoms with Crippen molar-refractivity contribution in [2.24, 2.45) is 0 Å². The number of carbonyl (C=O) groups excluding carboxylic acids is 2. The molecule has 0 spiro atoms. The van der Waals surface area contributed by atoms with Crippen LogP contribution in [0.4, 0.5) is 0 Å². The minimum Gasteiger partial charge on any atom is -0.506 e. The van der Waals surface area contributed by atoms with E-state index >= 15 is 0 Å². The molecule has 1 atom stereocenters. The third-order valence-electron chi connectivity index (χ3n) is 3.17. The highest BCUT2D eigenvalue weighted by molar-refractivity contribution is 6.32. The van der Waals surface area contributed by atoms with Crippen molar-refractivity contribution in [3.8, 4) is 5.75 Å². The predicted octanol–water partition coefficient (Wildman–Crippen LogP) is 1.40. The standard InChI is InChI=1S/C13H15ClN2O3/c1-2-10-12(18)15-5-6-16(10)13(19)8-3-4-11(17)9(14)7-8/h3-4,7,10,17H,2,5-6H2,1H3,(H,15,18). The number of hydrogen-bond acceptors (Lipinski definition) is 3. The Morgan fingerprint density at radius 3 is 2.95 bits per heavy atom. The predicted molar refractivity (Wildman–Crippen MR) is 71.2 cm³/mol. The first-order chi connectivity index (χ1) is 9.04. The number of hydrogen-bond donors (Lipinski definition) is 2. The molecule has 1 aliphatic rings. The topological polar surface area (TPSA) is 69.6 Å². The molecule has 0 saturated carbocycles. The average molecular weight is 283 g/mol. The molecule has 2 N–H and O–H groups in total. The van der Waals surface area contributed by atoms with Crippen LogP contribution >= 0.6 is 11.6 Å². The van der Waals surface area contributed by atoms with E-state index in [-0.39, 0.29) is 22.6 Å². The van der Waals surface area contributed by atoms with Crippen molar-refractivity contribution in [1.82, 2.24) is 10.2 Å². The minimum atomic E-state index is -0.450. The number of aromatic hydroxyl groups is 1. The molecule has 0 aromatic heterocycles. The lowest BCUT2D eigenvalue weighted by molar-refractivity contribution is -0.127. The molecule has 1 aromatic rings. The molecule has 102 valence electrons. The number of piperazine rings is 1. The summed E-state index contributed by atoms with van der Waals surface area (Å²) in [6.07, 6.45) is 0.559. The van der Waals surface area contributed by atoms with E-state index in [0.29, 0.717) is 25.1 Å². The van der Waals surface area contributed by atoms with Gasteiger partial charge in [-0.3, -0.25) is 9.59 Å². The van der Waals surface area contributed by atoms with E-state index in [9.17, 15) is 14.7 Å². The first-order valence-electron chi connectivity index (χ1n) is 6.11. The van der Waals surface area contributed by atoms with Gasteiger partial charge in [0.2, 0.25) is 5.91 Å². The van der Waals surface area contributed by atoms with Gasteiger partial charge in [0.25, 0.3) is 5.91 Å². The Balaban J connectivity index is 2.26. The summed E-state index contributed by atoms with van der Waals surface area (Å²) in [6, 6.07) is 3.84. The van der Waals surface area contributed by atoms with Gasteiger partial charge >= 0.3 is 0 Å². The number of phenols is 1. The number of carbonyl (C=O) groups is 2. The van der Waals surface area contributed by atoms with Crippen molar-refractivity contribution < 1.29 is 14.7 Å². The average Bonchev–Trinajstić information content (AvgIpc) is 2.40. The van der Waals surface area contributed by atoms with Crippen molar-refractivity contribution in [2.75, 3.05) is 13.1 Å². The van der Waals surface area contributed by atoms with E-state index in [1.807, 2.05) is 6.92 Å². The van der Waals surface area contributed by atoms with Crippen LogP contribution in [0, 0.1) is 0 Å². The molecule has 6 heteroatoms. The first-order valence-corrected chi connectivity index (χ1v) is 6.49. The number of halogens is 1. The number of amides is 2. The van der Waals surface area contributed by atoms with Gasteiger partial charge in [0, 0.05) is 18.7 Å². The summed E-state index contributed by atoms with van der Waals surface area (Å²) in [6.45, 7) is 2.79. The molecule has 1 saturated heterocycles. The van der Waals surface area contributed by atoms with E-state index in [1.54, 1.807) is 4.90 Å². The van der Waals surface area contributed by atoms with Crippen LogP contribution in [0.5, 0.6) is 5.75 Å². The molecule has 2 rings (SSSR count). The van der Waals surface area contributed by atoms with Crippen molar-refractivity contribution >= 4 is 23.4 Å². The second kappa shape index (κ2) is 5.48. The normalized spacial score (nSPS) is 19.2. The highest BCUT2D eigenvalue weighted by atomic mass is 35.5. The van der Waals surface area contributed by atoms with Crippen LogP contribution in [0.3, 0.4) is 0 Å². The molecule has 2 amide bonds. The zero-order valence-corrected chi connectivity index (χ0v) is 11.3. The Labute approximate surface area is 116 Å². The molecular formula is C13H15ClN2O3. The van der Waals surface area contributed by atoms with Crippen LogP contribution in [-0.2, 0) is 4.79 Å². The van der Waals surface area contributed by atoms with Gasteiger partial charge in [-0.1, -0.05) is 18.5 Å². The van der Waals surface area contributed by atoms with Gasteiger partial charge in [-0.05, 0) is 24.6 Å². The summed E-state index contributed by atoms with van der Waals surface area (Å²) in [7, 11) is 0. The largest absolute Gasteiger partial charge is 0.506 e. The molecule has 1 heterocycles. The van der Waals surface area contributed by atoms with E-state index in [1.165, 1.54) is 18.2 Å². The maximum Gasteiger partial charge on any atom is 0.254 e. The van der Waals surface area contributed by atoms with E-state index in [0.717, 1.165) is 0 Å². The fraction of sp³-hybridized carbons (Fsp3) is 0.385. The molecule has 1 fully saturated rings. The lowest BCUT2D eigenvalue weighted by atomic mass is 10.1. The van der Waals surface area contributed by atoms with Gasteiger partial charge in [0.15, 0.2) is 0 Å². The van der Waals surface area contributed by atoms with Gasteiger partial charge in [-0.2, -0.15) is 0 Å².